The van der Waals surface area contributed by atoms with Crippen LogP contribution in [-0.4, -0.2) is 82.1 Å². The molecule has 1 aliphatic rings. The molecule has 30 heavy (non-hydrogen) atoms. The number of hydrogen-bond acceptors (Lipinski definition) is 6. The fraction of sp³-hybridized carbons (Fsp3) is 0.696. The van der Waals surface area contributed by atoms with E-state index >= 15 is 0 Å². The summed E-state index contributed by atoms with van der Waals surface area (Å²) >= 11 is 0. The monoisotopic (exact) mass is 421 g/mol. The first-order valence-electron chi connectivity index (χ1n) is 11.2. The van der Waals surface area contributed by atoms with Crippen molar-refractivity contribution in [1.29, 1.82) is 0 Å². The fourth-order valence-electron chi connectivity index (χ4n) is 3.50. The van der Waals surface area contributed by atoms with Crippen LogP contribution in [0.4, 0.5) is 10.5 Å². The van der Waals surface area contributed by atoms with Crippen molar-refractivity contribution in [3.05, 3.63) is 24.3 Å². The van der Waals surface area contributed by atoms with Gasteiger partial charge in [-0.05, 0) is 25.6 Å². The summed E-state index contributed by atoms with van der Waals surface area (Å²) in [6, 6.07) is 7.49. The summed E-state index contributed by atoms with van der Waals surface area (Å²) in [5, 5.41) is 2.84. The minimum atomic E-state index is -0.481. The maximum atomic E-state index is 12.5. The molecule has 0 unspecified atom stereocenters. The Kier molecular flexibility index (Phi) is 11.6. The Hall–Kier alpha value is -1.83. The number of carbonyl (C=O) groups is 1. The largest absolute Gasteiger partial charge is 0.491 e. The standard InChI is InChI=1S/C23H39N3O4/c1-4-5-6-7-10-17-29-22-12-9-8-11-21(22)24-23(27)30-20(19-28-3)18-26-15-13-25(2)14-16-26/h8-9,11-12,20H,4-7,10,13-19H2,1-3H3,(H,24,27)/t20-/m1/s1. The zero-order chi connectivity index (χ0) is 21.6. The van der Waals surface area contributed by atoms with Crippen molar-refractivity contribution in [2.75, 3.05) is 65.4 Å². The third-order valence-corrected chi connectivity index (χ3v) is 5.31. The van der Waals surface area contributed by atoms with Gasteiger partial charge < -0.3 is 19.1 Å². The van der Waals surface area contributed by atoms with Gasteiger partial charge in [-0.3, -0.25) is 10.2 Å². The molecule has 1 fully saturated rings. The van der Waals surface area contributed by atoms with Gasteiger partial charge >= 0.3 is 6.09 Å². The summed E-state index contributed by atoms with van der Waals surface area (Å²) < 4.78 is 16.8. The molecule has 2 rings (SSSR count). The van der Waals surface area contributed by atoms with E-state index in [9.17, 15) is 4.79 Å². The average molecular weight is 422 g/mol. The Morgan fingerprint density at radius 2 is 1.83 bits per heavy atom. The molecule has 0 aliphatic carbocycles. The maximum Gasteiger partial charge on any atom is 0.412 e. The number of piperazine rings is 1. The number of para-hydroxylation sites is 2. The highest BCUT2D eigenvalue weighted by Gasteiger charge is 2.22. The number of benzene rings is 1. The molecule has 1 N–H and O–H groups in total. The van der Waals surface area contributed by atoms with Crippen LogP contribution in [0.2, 0.25) is 0 Å². The molecule has 0 spiro atoms. The summed E-state index contributed by atoms with van der Waals surface area (Å²) in [5.41, 5.74) is 0.631. The van der Waals surface area contributed by atoms with Gasteiger partial charge in [0.2, 0.25) is 0 Å². The molecule has 1 atom stereocenters. The molecule has 1 amide bonds. The average Bonchev–Trinajstić information content (AvgIpc) is 2.73. The van der Waals surface area contributed by atoms with Gasteiger partial charge in [0.05, 0.1) is 18.9 Å². The Balaban J connectivity index is 1.81. The summed E-state index contributed by atoms with van der Waals surface area (Å²) in [6.07, 6.45) is 5.11. The van der Waals surface area contributed by atoms with E-state index in [4.69, 9.17) is 14.2 Å². The molecule has 0 radical (unpaired) electrons. The molecule has 0 saturated carbocycles. The van der Waals surface area contributed by atoms with E-state index in [1.165, 1.54) is 19.3 Å². The zero-order valence-electron chi connectivity index (χ0n) is 18.9. The van der Waals surface area contributed by atoms with Gasteiger partial charge in [0.25, 0.3) is 0 Å². The zero-order valence-corrected chi connectivity index (χ0v) is 18.9. The van der Waals surface area contributed by atoms with Gasteiger partial charge in [0, 0.05) is 39.8 Å². The van der Waals surface area contributed by atoms with Crippen molar-refractivity contribution in [1.82, 2.24) is 9.80 Å². The van der Waals surface area contributed by atoms with Gasteiger partial charge in [-0.2, -0.15) is 0 Å². The molecule has 1 saturated heterocycles. The highest BCUT2D eigenvalue weighted by Crippen LogP contribution is 2.24. The summed E-state index contributed by atoms with van der Waals surface area (Å²) in [7, 11) is 3.75. The highest BCUT2D eigenvalue weighted by molar-refractivity contribution is 5.86. The quantitative estimate of drug-likeness (QED) is 0.488. The Bertz CT molecular complexity index is 606. The van der Waals surface area contributed by atoms with Crippen LogP contribution < -0.4 is 10.1 Å². The SMILES string of the molecule is CCCCCCCOc1ccccc1NC(=O)O[C@@H](COC)CN1CCN(C)CC1. The van der Waals surface area contributed by atoms with Crippen molar-refractivity contribution >= 4 is 11.8 Å². The number of anilines is 1. The lowest BCUT2D eigenvalue weighted by atomic mass is 10.2. The topological polar surface area (TPSA) is 63.3 Å². The number of nitrogens with one attached hydrogen (secondary N) is 1. The molecule has 0 aromatic heterocycles. The lowest BCUT2D eigenvalue weighted by Crippen LogP contribution is -2.48. The van der Waals surface area contributed by atoms with Crippen molar-refractivity contribution < 1.29 is 19.0 Å². The first-order valence-corrected chi connectivity index (χ1v) is 11.2. The van der Waals surface area contributed by atoms with Crippen LogP contribution in [-0.2, 0) is 9.47 Å². The smallest absolute Gasteiger partial charge is 0.412 e. The van der Waals surface area contributed by atoms with E-state index in [-0.39, 0.29) is 6.10 Å². The number of hydrogen-bond donors (Lipinski definition) is 1. The number of likely N-dealkylation sites (N-methyl/N-ethyl adjacent to an activating group) is 1. The van der Waals surface area contributed by atoms with Crippen LogP contribution in [0.1, 0.15) is 39.0 Å². The molecule has 1 aromatic rings. The minimum Gasteiger partial charge on any atom is -0.491 e. The predicted molar refractivity (Wildman–Crippen MR) is 120 cm³/mol. The third-order valence-electron chi connectivity index (χ3n) is 5.31. The Morgan fingerprint density at radius 3 is 2.57 bits per heavy atom. The van der Waals surface area contributed by atoms with E-state index in [1.807, 2.05) is 24.3 Å². The summed E-state index contributed by atoms with van der Waals surface area (Å²) in [4.78, 5) is 17.1. The molecule has 7 heteroatoms. The lowest BCUT2D eigenvalue weighted by Gasteiger charge is -2.34. The number of nitrogens with zero attached hydrogens (tertiary/aromatic N) is 2. The van der Waals surface area contributed by atoms with E-state index in [1.54, 1.807) is 7.11 Å². The van der Waals surface area contributed by atoms with Gasteiger partial charge in [0.1, 0.15) is 11.9 Å². The highest BCUT2D eigenvalue weighted by atomic mass is 16.6. The van der Waals surface area contributed by atoms with E-state index in [2.05, 4.69) is 29.1 Å². The van der Waals surface area contributed by atoms with Crippen LogP contribution in [0, 0.1) is 0 Å². The Morgan fingerprint density at radius 1 is 1.10 bits per heavy atom. The van der Waals surface area contributed by atoms with Crippen molar-refractivity contribution in [3.63, 3.8) is 0 Å². The van der Waals surface area contributed by atoms with Crippen molar-refractivity contribution in [2.24, 2.45) is 0 Å². The van der Waals surface area contributed by atoms with E-state index in [0.717, 1.165) is 39.0 Å². The van der Waals surface area contributed by atoms with E-state index in [0.29, 0.717) is 31.2 Å². The molecular formula is C23H39N3O4. The van der Waals surface area contributed by atoms with Crippen LogP contribution in [0.15, 0.2) is 24.3 Å². The van der Waals surface area contributed by atoms with Gasteiger partial charge in [-0.25, -0.2) is 4.79 Å². The third kappa shape index (κ3) is 9.32. The van der Waals surface area contributed by atoms with Crippen molar-refractivity contribution in [3.8, 4) is 5.75 Å². The molecule has 1 heterocycles. The van der Waals surface area contributed by atoms with Crippen LogP contribution >= 0.6 is 0 Å². The van der Waals surface area contributed by atoms with Crippen LogP contribution in [0.25, 0.3) is 0 Å². The number of methoxy groups -OCH3 is 1. The molecule has 0 bridgehead atoms. The van der Waals surface area contributed by atoms with Crippen LogP contribution in [0.5, 0.6) is 5.75 Å². The Labute approximate surface area is 181 Å². The fourth-order valence-corrected chi connectivity index (χ4v) is 3.50. The first kappa shape index (κ1) is 24.4. The minimum absolute atomic E-state index is 0.315. The number of carbonyl (C=O) groups excluding carboxylic acids is 1. The molecule has 1 aliphatic heterocycles. The second kappa shape index (κ2) is 14.2. The van der Waals surface area contributed by atoms with Gasteiger partial charge in [0.15, 0.2) is 0 Å². The number of ether oxygens (including phenoxy) is 3. The second-order valence-corrected chi connectivity index (χ2v) is 7.97. The predicted octanol–water partition coefficient (Wildman–Crippen LogP) is 3.85. The van der Waals surface area contributed by atoms with E-state index < -0.39 is 6.09 Å². The molecular weight excluding hydrogens is 382 g/mol. The normalized spacial score (nSPS) is 16.2. The second-order valence-electron chi connectivity index (χ2n) is 7.97. The number of rotatable bonds is 13. The maximum absolute atomic E-state index is 12.5. The lowest BCUT2D eigenvalue weighted by molar-refractivity contribution is 0.0157. The summed E-state index contributed by atoms with van der Waals surface area (Å²) in [6.45, 7) is 7.88. The number of amides is 1. The van der Waals surface area contributed by atoms with Crippen molar-refractivity contribution in [2.45, 2.75) is 45.1 Å². The van der Waals surface area contributed by atoms with Gasteiger partial charge in [-0.1, -0.05) is 44.7 Å². The summed E-state index contributed by atoms with van der Waals surface area (Å²) in [5.74, 6) is 0.673. The van der Waals surface area contributed by atoms with Gasteiger partial charge in [-0.15, -0.1) is 0 Å². The number of unbranched alkanes of at least 4 members (excludes halogenated alkanes) is 4. The molecule has 170 valence electrons. The molecule has 1 aromatic carbocycles. The van der Waals surface area contributed by atoms with Crippen LogP contribution in [0.3, 0.4) is 0 Å². The first-order chi connectivity index (χ1) is 14.6. The molecule has 7 nitrogen and oxygen atoms in total.